The van der Waals surface area contributed by atoms with Crippen molar-refractivity contribution in [3.8, 4) is 0 Å². The van der Waals surface area contributed by atoms with Crippen LogP contribution in [0.15, 0.2) is 10.9 Å². The second kappa shape index (κ2) is 10.4. The highest BCUT2D eigenvalue weighted by molar-refractivity contribution is 5.83. The molecule has 11 nitrogen and oxygen atoms in total. The van der Waals surface area contributed by atoms with E-state index in [-0.39, 0.29) is 43.3 Å². The van der Waals surface area contributed by atoms with Crippen molar-refractivity contribution in [3.63, 3.8) is 0 Å². The molecule has 0 aliphatic carbocycles. The lowest BCUT2D eigenvalue weighted by molar-refractivity contribution is -0.143. The van der Waals surface area contributed by atoms with Crippen LogP contribution in [0.1, 0.15) is 31.9 Å². The first-order valence-electron chi connectivity index (χ1n) is 9.28. The van der Waals surface area contributed by atoms with E-state index in [9.17, 15) is 23.6 Å². The van der Waals surface area contributed by atoms with E-state index in [2.05, 4.69) is 25.0 Å². The number of aromatic amines is 2. The van der Waals surface area contributed by atoms with E-state index < -0.39 is 30.5 Å². The van der Waals surface area contributed by atoms with Gasteiger partial charge in [-0.15, -0.1) is 0 Å². The van der Waals surface area contributed by atoms with Crippen molar-refractivity contribution >= 4 is 35.3 Å². The molecular formula is C18H24FN5O6. The molecule has 2 heterocycles. The molecule has 0 aliphatic rings. The first kappa shape index (κ1) is 22.8. The number of nitrogens with one attached hydrogen (secondary N) is 3. The summed E-state index contributed by atoms with van der Waals surface area (Å²) in [5, 5.41) is 11.6. The monoisotopic (exact) mass is 425 g/mol. The highest BCUT2D eigenvalue weighted by atomic mass is 19.1. The molecule has 1 amide bonds. The van der Waals surface area contributed by atoms with Gasteiger partial charge in [0.05, 0.1) is 18.4 Å². The zero-order valence-electron chi connectivity index (χ0n) is 16.3. The number of aromatic nitrogens is 3. The zero-order valence-corrected chi connectivity index (χ0v) is 16.3. The lowest BCUT2D eigenvalue weighted by Crippen LogP contribution is -2.42. The standard InChI is InChI=1S/C18H24FN5O6/c1-9(5-11-7-12-15(21-11)23-18(20)24-16(12)27)4-10(19)6-14(26)22-13(17(28)29)2-3-30-8-25/h7-10,13H,2-6H2,1H3,(H,22,26)(H,28,29)(H4,20,21,23,24,27)/t9?,10?,13-/m0/s1. The van der Waals surface area contributed by atoms with Crippen LogP contribution < -0.4 is 16.6 Å². The molecule has 0 saturated heterocycles. The first-order valence-corrected chi connectivity index (χ1v) is 9.28. The molecule has 6 N–H and O–H groups in total. The van der Waals surface area contributed by atoms with E-state index in [0.29, 0.717) is 23.1 Å². The Hall–Kier alpha value is -3.44. The van der Waals surface area contributed by atoms with Gasteiger partial charge in [-0.05, 0) is 24.8 Å². The van der Waals surface area contributed by atoms with E-state index in [1.807, 2.05) is 0 Å². The Kier molecular flexibility index (Phi) is 7.90. The van der Waals surface area contributed by atoms with E-state index in [1.165, 1.54) is 0 Å². The smallest absolute Gasteiger partial charge is 0.326 e. The van der Waals surface area contributed by atoms with Crippen molar-refractivity contribution in [2.75, 3.05) is 12.3 Å². The molecule has 30 heavy (non-hydrogen) atoms. The van der Waals surface area contributed by atoms with Crippen LogP contribution in [0.4, 0.5) is 10.3 Å². The summed E-state index contributed by atoms with van der Waals surface area (Å²) in [5.74, 6) is -2.23. The predicted molar refractivity (Wildman–Crippen MR) is 104 cm³/mol. The van der Waals surface area contributed by atoms with Crippen LogP contribution in [0.25, 0.3) is 11.0 Å². The maximum atomic E-state index is 14.3. The van der Waals surface area contributed by atoms with Crippen LogP contribution in [0.2, 0.25) is 0 Å². The highest BCUT2D eigenvalue weighted by Crippen LogP contribution is 2.19. The third-order valence-electron chi connectivity index (χ3n) is 4.43. The van der Waals surface area contributed by atoms with Crippen molar-refractivity contribution in [2.24, 2.45) is 5.92 Å². The number of nitrogen functional groups attached to an aromatic ring is 1. The number of amides is 1. The fourth-order valence-corrected chi connectivity index (χ4v) is 3.13. The van der Waals surface area contributed by atoms with Crippen LogP contribution in [-0.2, 0) is 25.5 Å². The summed E-state index contributed by atoms with van der Waals surface area (Å²) in [6.45, 7) is 1.79. The summed E-state index contributed by atoms with van der Waals surface area (Å²) in [6.07, 6.45) is -1.63. The summed E-state index contributed by atoms with van der Waals surface area (Å²) in [7, 11) is 0. The van der Waals surface area contributed by atoms with Gasteiger partial charge in [0.25, 0.3) is 12.0 Å². The minimum Gasteiger partial charge on any atom is -0.480 e. The molecule has 0 bridgehead atoms. The van der Waals surface area contributed by atoms with Gasteiger partial charge in [0.1, 0.15) is 17.9 Å². The Morgan fingerprint density at radius 2 is 2.17 bits per heavy atom. The molecule has 0 spiro atoms. The number of alkyl halides is 1. The lowest BCUT2D eigenvalue weighted by Gasteiger charge is -2.17. The van der Waals surface area contributed by atoms with Gasteiger partial charge in [-0.25, -0.2) is 9.18 Å². The van der Waals surface area contributed by atoms with E-state index in [0.717, 1.165) is 0 Å². The summed E-state index contributed by atoms with van der Waals surface area (Å²) in [6, 6.07) is 0.349. The number of halogens is 1. The maximum Gasteiger partial charge on any atom is 0.326 e. The van der Waals surface area contributed by atoms with Crippen molar-refractivity contribution in [2.45, 2.75) is 44.8 Å². The number of hydrogen-bond donors (Lipinski definition) is 5. The van der Waals surface area contributed by atoms with Gasteiger partial charge in [-0.3, -0.25) is 19.4 Å². The summed E-state index contributed by atoms with van der Waals surface area (Å²) in [4.78, 5) is 54.4. The number of carbonyl (C=O) groups is 3. The quantitative estimate of drug-likeness (QED) is 0.237. The van der Waals surface area contributed by atoms with Crippen molar-refractivity contribution in [1.82, 2.24) is 20.3 Å². The molecule has 0 fully saturated rings. The van der Waals surface area contributed by atoms with Crippen LogP contribution in [0.3, 0.4) is 0 Å². The third kappa shape index (κ3) is 6.57. The fraction of sp³-hybridized carbons (Fsp3) is 0.500. The van der Waals surface area contributed by atoms with E-state index >= 15 is 0 Å². The van der Waals surface area contributed by atoms with Gasteiger partial charge in [-0.1, -0.05) is 6.92 Å². The second-order valence-electron chi connectivity index (χ2n) is 7.07. The highest BCUT2D eigenvalue weighted by Gasteiger charge is 2.23. The second-order valence-corrected chi connectivity index (χ2v) is 7.07. The third-order valence-corrected chi connectivity index (χ3v) is 4.43. The predicted octanol–water partition coefficient (Wildman–Crippen LogP) is 0.263. The number of carboxylic acid groups (broad SMARTS) is 1. The topological polar surface area (TPSA) is 180 Å². The van der Waals surface area contributed by atoms with E-state index in [1.54, 1.807) is 13.0 Å². The summed E-state index contributed by atoms with van der Waals surface area (Å²) in [5.41, 5.74) is 6.15. The van der Waals surface area contributed by atoms with Gasteiger partial charge in [0.2, 0.25) is 11.9 Å². The molecule has 164 valence electrons. The number of carbonyl (C=O) groups excluding carboxylic acids is 2. The molecule has 2 unspecified atom stereocenters. The number of carboxylic acids is 1. The number of ether oxygens (including phenoxy) is 1. The molecular weight excluding hydrogens is 401 g/mol. The molecule has 2 aromatic heterocycles. The minimum absolute atomic E-state index is 0.0128. The average molecular weight is 425 g/mol. The molecule has 2 aromatic rings. The molecule has 12 heteroatoms. The number of hydrogen-bond acceptors (Lipinski definition) is 7. The van der Waals surface area contributed by atoms with Crippen molar-refractivity contribution in [1.29, 1.82) is 0 Å². The number of nitrogens with zero attached hydrogens (tertiary/aromatic N) is 1. The summed E-state index contributed by atoms with van der Waals surface area (Å²) >= 11 is 0. The Labute approximate surface area is 170 Å². The number of fused-ring (bicyclic) bond motifs is 1. The van der Waals surface area contributed by atoms with Gasteiger partial charge >= 0.3 is 5.97 Å². The Morgan fingerprint density at radius 1 is 1.43 bits per heavy atom. The number of rotatable bonds is 12. The van der Waals surface area contributed by atoms with Gasteiger partial charge < -0.3 is 25.9 Å². The Morgan fingerprint density at radius 3 is 2.83 bits per heavy atom. The number of nitrogens with two attached hydrogens (primary N) is 1. The molecule has 0 saturated carbocycles. The molecule has 0 radical (unpaired) electrons. The van der Waals surface area contributed by atoms with Gasteiger partial charge in [0.15, 0.2) is 0 Å². The van der Waals surface area contributed by atoms with Crippen LogP contribution in [-0.4, -0.2) is 57.2 Å². The molecule has 2 rings (SSSR count). The number of aliphatic carboxylic acids is 1. The van der Waals surface area contributed by atoms with Crippen molar-refractivity contribution < 1.29 is 28.6 Å². The van der Waals surface area contributed by atoms with Crippen LogP contribution in [0.5, 0.6) is 0 Å². The molecule has 0 aliphatic heterocycles. The molecule has 3 atom stereocenters. The normalized spacial score (nSPS) is 14.1. The average Bonchev–Trinajstić information content (AvgIpc) is 3.02. The van der Waals surface area contributed by atoms with E-state index in [4.69, 9.17) is 10.8 Å². The zero-order chi connectivity index (χ0) is 22.3. The largest absolute Gasteiger partial charge is 0.480 e. The van der Waals surface area contributed by atoms with Crippen molar-refractivity contribution in [3.05, 3.63) is 22.1 Å². The van der Waals surface area contributed by atoms with Gasteiger partial charge in [0, 0.05) is 12.1 Å². The summed E-state index contributed by atoms with van der Waals surface area (Å²) < 4.78 is 18.7. The SMILES string of the molecule is CC(Cc1cc2c(=O)[nH]c(N)nc2[nH]1)CC(F)CC(=O)N[C@@H](CCOC=O)C(=O)O. The van der Waals surface area contributed by atoms with Gasteiger partial charge in [-0.2, -0.15) is 4.98 Å². The number of anilines is 1. The maximum absolute atomic E-state index is 14.3. The van der Waals surface area contributed by atoms with Crippen LogP contribution >= 0.6 is 0 Å². The van der Waals surface area contributed by atoms with Crippen LogP contribution in [0, 0.1) is 5.92 Å². The molecule has 0 aromatic carbocycles. The Bertz CT molecular complexity index is 958. The minimum atomic E-state index is -1.48. The first-order chi connectivity index (χ1) is 14.2. The fourth-order valence-electron chi connectivity index (χ4n) is 3.13. The number of H-pyrrole nitrogens is 2. The Balaban J connectivity index is 1.86. The lowest BCUT2D eigenvalue weighted by atomic mass is 9.97.